The summed E-state index contributed by atoms with van der Waals surface area (Å²) in [6.07, 6.45) is 0. The van der Waals surface area contributed by atoms with Crippen LogP contribution in [0.1, 0.15) is 0 Å². The molecule has 14 rings (SSSR count). The van der Waals surface area contributed by atoms with Gasteiger partial charge in [-0.2, -0.15) is 0 Å². The van der Waals surface area contributed by atoms with Crippen molar-refractivity contribution >= 4 is 88.2 Å². The monoisotopic (exact) mass is 907 g/mol. The quantitative estimate of drug-likeness (QED) is 0.151. The molecular formula is C66H45N5. The molecule has 11 aromatic carbocycles. The molecule has 2 N–H and O–H groups in total. The van der Waals surface area contributed by atoms with E-state index in [0.717, 1.165) is 73.1 Å². The zero-order valence-corrected chi connectivity index (χ0v) is 38.7. The Labute approximate surface area is 410 Å². The van der Waals surface area contributed by atoms with Crippen molar-refractivity contribution in [3.8, 4) is 39.3 Å². The Morgan fingerprint density at radius 1 is 0.225 bits per heavy atom. The zero-order valence-electron chi connectivity index (χ0n) is 38.7. The normalized spacial score (nSPS) is 11.7. The van der Waals surface area contributed by atoms with Gasteiger partial charge in [-0.1, -0.05) is 140 Å². The van der Waals surface area contributed by atoms with Gasteiger partial charge in [0.05, 0.1) is 33.1 Å². The maximum Gasteiger partial charge on any atom is 0.0542 e. The minimum Gasteiger partial charge on any atom is -0.355 e. The van der Waals surface area contributed by atoms with E-state index in [1.807, 2.05) is 0 Å². The van der Waals surface area contributed by atoms with E-state index in [1.54, 1.807) is 0 Å². The van der Waals surface area contributed by atoms with Gasteiger partial charge in [-0.3, -0.25) is 0 Å². The first-order chi connectivity index (χ1) is 35.2. The van der Waals surface area contributed by atoms with Crippen LogP contribution in [-0.4, -0.2) is 13.7 Å². The second-order valence-electron chi connectivity index (χ2n) is 18.3. The number of rotatable bonds is 9. The largest absolute Gasteiger partial charge is 0.355 e. The second kappa shape index (κ2) is 16.6. The summed E-state index contributed by atoms with van der Waals surface area (Å²) in [7, 11) is 0. The van der Waals surface area contributed by atoms with Crippen LogP contribution in [0, 0.1) is 0 Å². The Hall–Kier alpha value is -9.58. The topological polar surface area (TPSA) is 38.9 Å². The number of fused-ring (bicyclic) bond motifs is 9. The number of nitrogens with zero attached hydrogens (tertiary/aromatic N) is 3. The van der Waals surface area contributed by atoms with E-state index in [-0.39, 0.29) is 0 Å². The van der Waals surface area contributed by atoms with Gasteiger partial charge < -0.3 is 24.3 Å². The molecule has 0 amide bonds. The molecule has 0 fully saturated rings. The highest BCUT2D eigenvalue weighted by Gasteiger charge is 2.19. The van der Waals surface area contributed by atoms with Gasteiger partial charge in [0.25, 0.3) is 0 Å². The van der Waals surface area contributed by atoms with Gasteiger partial charge in [-0.15, -0.1) is 0 Å². The summed E-state index contributed by atoms with van der Waals surface area (Å²) in [4.78, 5) is 0. The molecule has 3 aromatic heterocycles. The van der Waals surface area contributed by atoms with Gasteiger partial charge in [-0.05, 0) is 132 Å². The first-order valence-corrected chi connectivity index (χ1v) is 24.3. The molecule has 71 heavy (non-hydrogen) atoms. The third-order valence-corrected chi connectivity index (χ3v) is 14.2. The zero-order chi connectivity index (χ0) is 46.8. The molecule has 0 saturated heterocycles. The van der Waals surface area contributed by atoms with Crippen LogP contribution in [-0.2, 0) is 0 Å². The molecule has 5 heteroatoms. The lowest BCUT2D eigenvalue weighted by molar-refractivity contribution is 1.18. The summed E-state index contributed by atoms with van der Waals surface area (Å²) in [5.41, 5.74) is 19.2. The van der Waals surface area contributed by atoms with Crippen LogP contribution in [0.15, 0.2) is 261 Å². The van der Waals surface area contributed by atoms with Crippen LogP contribution < -0.4 is 10.6 Å². The summed E-state index contributed by atoms with van der Waals surface area (Å²) in [6.45, 7) is 0. The number of aromatic nitrogens is 3. The van der Waals surface area contributed by atoms with E-state index in [1.165, 1.54) is 54.4 Å². The van der Waals surface area contributed by atoms with E-state index >= 15 is 0 Å². The molecule has 0 unspecified atom stereocenters. The number of anilines is 4. The summed E-state index contributed by atoms with van der Waals surface area (Å²) >= 11 is 0. The number of para-hydroxylation sites is 7. The average Bonchev–Trinajstić information content (AvgIpc) is 4.07. The van der Waals surface area contributed by atoms with Gasteiger partial charge in [0.2, 0.25) is 0 Å². The molecular weight excluding hydrogens is 863 g/mol. The second-order valence-corrected chi connectivity index (χ2v) is 18.3. The highest BCUT2D eigenvalue weighted by Crippen LogP contribution is 2.42. The smallest absolute Gasteiger partial charge is 0.0542 e. The Kier molecular flexibility index (Phi) is 9.46. The van der Waals surface area contributed by atoms with E-state index in [0.29, 0.717) is 0 Å². The first-order valence-electron chi connectivity index (χ1n) is 24.3. The summed E-state index contributed by atoms with van der Waals surface area (Å²) in [5, 5.41) is 15.0. The third kappa shape index (κ3) is 6.78. The van der Waals surface area contributed by atoms with Crippen molar-refractivity contribution in [3.05, 3.63) is 261 Å². The van der Waals surface area contributed by atoms with Crippen molar-refractivity contribution in [1.29, 1.82) is 0 Å². The first kappa shape index (κ1) is 40.5. The standard InChI is InChI=1S/C66H45N5/c1-4-18-48(19-5-1)69-61-30-16-12-26-53(61)55-40-44(32-36-63(55)69)51-24-10-14-28-59(51)67-46-34-38-65-57(42-46)58-43-47(35-39-66(58)71(65)50-22-8-3-9-23-50)68-60-29-15-11-25-52(60)45-33-37-64-56(41-45)54-27-13-17-31-62(54)70(64)49-20-6-2-7-21-49/h1-43,67-68H. The van der Waals surface area contributed by atoms with Crippen LogP contribution in [0.5, 0.6) is 0 Å². The summed E-state index contributed by atoms with van der Waals surface area (Å²) < 4.78 is 7.11. The highest BCUT2D eigenvalue weighted by atomic mass is 15.0. The molecule has 0 saturated carbocycles. The molecule has 0 atom stereocenters. The number of hydrogen-bond donors (Lipinski definition) is 2. The van der Waals surface area contributed by atoms with Gasteiger partial charge in [0.1, 0.15) is 0 Å². The SMILES string of the molecule is c1ccc(-n2c3ccc(Nc4ccccc4-c4ccc5c(c4)c4ccccc4n5-c4ccccc4)cc3c3cc(Nc4ccccc4-c4ccc5c(c4)c4ccccc4n5-c4ccccc4)ccc32)cc1. The van der Waals surface area contributed by atoms with Crippen molar-refractivity contribution in [2.45, 2.75) is 0 Å². The van der Waals surface area contributed by atoms with Crippen LogP contribution >= 0.6 is 0 Å². The van der Waals surface area contributed by atoms with E-state index < -0.39 is 0 Å². The Bertz CT molecular complexity index is 4070. The fourth-order valence-corrected chi connectivity index (χ4v) is 11.0. The van der Waals surface area contributed by atoms with Crippen LogP contribution in [0.4, 0.5) is 22.7 Å². The van der Waals surface area contributed by atoms with Crippen LogP contribution in [0.3, 0.4) is 0 Å². The fraction of sp³-hybridized carbons (Fsp3) is 0. The van der Waals surface area contributed by atoms with E-state index in [4.69, 9.17) is 0 Å². The minimum atomic E-state index is 1.02. The molecule has 14 aromatic rings. The van der Waals surface area contributed by atoms with Crippen molar-refractivity contribution in [2.75, 3.05) is 10.6 Å². The number of nitrogens with one attached hydrogen (secondary N) is 2. The number of benzene rings is 11. The molecule has 5 nitrogen and oxygen atoms in total. The minimum absolute atomic E-state index is 1.02. The van der Waals surface area contributed by atoms with Crippen LogP contribution in [0.25, 0.3) is 105 Å². The Morgan fingerprint density at radius 3 is 0.944 bits per heavy atom. The molecule has 0 aliphatic heterocycles. The fourth-order valence-electron chi connectivity index (χ4n) is 11.0. The van der Waals surface area contributed by atoms with E-state index in [2.05, 4.69) is 285 Å². The Balaban J connectivity index is 0.847. The van der Waals surface area contributed by atoms with Gasteiger partial charge in [-0.25, -0.2) is 0 Å². The molecule has 0 radical (unpaired) electrons. The lowest BCUT2D eigenvalue weighted by Crippen LogP contribution is -1.95. The third-order valence-electron chi connectivity index (χ3n) is 14.2. The van der Waals surface area contributed by atoms with Gasteiger partial charge in [0, 0.05) is 83.3 Å². The molecule has 0 aliphatic carbocycles. The number of hydrogen-bond acceptors (Lipinski definition) is 2. The van der Waals surface area contributed by atoms with E-state index in [9.17, 15) is 0 Å². The Morgan fingerprint density at radius 2 is 0.535 bits per heavy atom. The molecule has 0 bridgehead atoms. The highest BCUT2D eigenvalue weighted by molar-refractivity contribution is 6.14. The molecule has 0 spiro atoms. The predicted molar refractivity (Wildman–Crippen MR) is 300 cm³/mol. The average molecular weight is 908 g/mol. The lowest BCUT2D eigenvalue weighted by Gasteiger charge is -2.14. The van der Waals surface area contributed by atoms with Crippen molar-refractivity contribution in [1.82, 2.24) is 13.7 Å². The lowest BCUT2D eigenvalue weighted by atomic mass is 10.0. The van der Waals surface area contributed by atoms with Crippen LogP contribution in [0.2, 0.25) is 0 Å². The summed E-state index contributed by atoms with van der Waals surface area (Å²) in [5.74, 6) is 0. The van der Waals surface area contributed by atoms with Crippen molar-refractivity contribution in [2.24, 2.45) is 0 Å². The molecule has 334 valence electrons. The molecule has 3 heterocycles. The molecule has 0 aliphatic rings. The van der Waals surface area contributed by atoms with Gasteiger partial charge >= 0.3 is 0 Å². The van der Waals surface area contributed by atoms with Crippen molar-refractivity contribution < 1.29 is 0 Å². The predicted octanol–water partition coefficient (Wildman–Crippen LogP) is 17.8. The van der Waals surface area contributed by atoms with Gasteiger partial charge in [0.15, 0.2) is 0 Å². The summed E-state index contributed by atoms with van der Waals surface area (Å²) in [6, 6.07) is 94.0. The van der Waals surface area contributed by atoms with Crippen molar-refractivity contribution in [3.63, 3.8) is 0 Å². The maximum atomic E-state index is 3.88. The maximum absolute atomic E-state index is 3.88.